The first kappa shape index (κ1) is 13.4. The van der Waals surface area contributed by atoms with Gasteiger partial charge in [-0.25, -0.2) is 0 Å². The topological polar surface area (TPSA) is 38.7 Å². The second kappa shape index (κ2) is 7.44. The minimum Gasteiger partial charge on any atom is -0.508 e. The molecule has 0 unspecified atom stereocenters. The van der Waals surface area contributed by atoms with Crippen LogP contribution in [0.25, 0.3) is 0 Å². The second-order valence-electron chi connectivity index (χ2n) is 4.19. The van der Waals surface area contributed by atoms with Crippen LogP contribution < -0.4 is 4.74 Å². The van der Waals surface area contributed by atoms with Gasteiger partial charge >= 0.3 is 0 Å². The molecule has 0 fully saturated rings. The zero-order chi connectivity index (χ0) is 13.3. The van der Waals surface area contributed by atoms with Crippen LogP contribution in [0.1, 0.15) is 5.56 Å². The number of hydrogen-bond donors (Lipinski definition) is 1. The molecule has 0 heterocycles. The first-order valence-corrected chi connectivity index (χ1v) is 6.38. The van der Waals surface area contributed by atoms with Gasteiger partial charge in [0, 0.05) is 0 Å². The molecule has 2 aromatic rings. The fourth-order valence-electron chi connectivity index (χ4n) is 1.70. The molecule has 100 valence electrons. The Kier molecular flexibility index (Phi) is 5.26. The highest BCUT2D eigenvalue weighted by Gasteiger charge is 1.95. The van der Waals surface area contributed by atoms with E-state index in [-0.39, 0.29) is 5.75 Å². The minimum absolute atomic E-state index is 0.242. The molecular formula is C16H18O3. The van der Waals surface area contributed by atoms with Gasteiger partial charge in [-0.15, -0.1) is 0 Å². The Hall–Kier alpha value is -2.00. The predicted molar refractivity (Wildman–Crippen MR) is 74.6 cm³/mol. The monoisotopic (exact) mass is 258 g/mol. The lowest BCUT2D eigenvalue weighted by atomic mass is 10.2. The molecule has 3 nitrogen and oxygen atoms in total. The van der Waals surface area contributed by atoms with E-state index >= 15 is 0 Å². The van der Waals surface area contributed by atoms with E-state index in [1.54, 1.807) is 24.3 Å². The van der Waals surface area contributed by atoms with Crippen molar-refractivity contribution in [1.29, 1.82) is 0 Å². The average molecular weight is 258 g/mol. The normalized spacial score (nSPS) is 10.3. The van der Waals surface area contributed by atoms with Crippen molar-refractivity contribution >= 4 is 0 Å². The van der Waals surface area contributed by atoms with Crippen molar-refractivity contribution in [2.24, 2.45) is 0 Å². The summed E-state index contributed by atoms with van der Waals surface area (Å²) in [6.07, 6.45) is 0.917. The molecule has 0 aromatic heterocycles. The van der Waals surface area contributed by atoms with E-state index in [0.29, 0.717) is 19.8 Å². The van der Waals surface area contributed by atoms with Crippen molar-refractivity contribution in [3.63, 3.8) is 0 Å². The Balaban J connectivity index is 1.56. The fourth-order valence-corrected chi connectivity index (χ4v) is 1.70. The second-order valence-corrected chi connectivity index (χ2v) is 4.19. The summed E-state index contributed by atoms with van der Waals surface area (Å²) in [7, 11) is 0. The van der Waals surface area contributed by atoms with Crippen molar-refractivity contribution in [3.05, 3.63) is 60.2 Å². The third kappa shape index (κ3) is 5.02. The maximum Gasteiger partial charge on any atom is 0.119 e. The lowest BCUT2D eigenvalue weighted by molar-refractivity contribution is 0.102. The van der Waals surface area contributed by atoms with Crippen LogP contribution in [0.15, 0.2) is 54.6 Å². The SMILES string of the molecule is Oc1ccc(OCCOCCc2ccccc2)cc1. The number of aromatic hydroxyl groups is 1. The smallest absolute Gasteiger partial charge is 0.119 e. The van der Waals surface area contributed by atoms with Gasteiger partial charge in [0.1, 0.15) is 18.1 Å². The molecule has 0 spiro atoms. The van der Waals surface area contributed by atoms with E-state index in [4.69, 9.17) is 14.6 Å². The summed E-state index contributed by atoms with van der Waals surface area (Å²) in [6.45, 7) is 1.77. The number of ether oxygens (including phenoxy) is 2. The number of benzene rings is 2. The van der Waals surface area contributed by atoms with Crippen LogP contribution in [0.2, 0.25) is 0 Å². The van der Waals surface area contributed by atoms with Crippen LogP contribution in [0, 0.1) is 0 Å². The largest absolute Gasteiger partial charge is 0.508 e. The molecule has 0 aliphatic carbocycles. The summed E-state index contributed by atoms with van der Waals surface area (Å²) in [5.41, 5.74) is 1.28. The molecule has 0 aliphatic heterocycles. The van der Waals surface area contributed by atoms with E-state index in [9.17, 15) is 0 Å². The predicted octanol–water partition coefficient (Wildman–Crippen LogP) is 3.03. The third-order valence-electron chi connectivity index (χ3n) is 2.71. The Labute approximate surface area is 113 Å². The van der Waals surface area contributed by atoms with Crippen molar-refractivity contribution in [2.75, 3.05) is 19.8 Å². The summed E-state index contributed by atoms with van der Waals surface area (Å²) < 4.78 is 11.0. The van der Waals surface area contributed by atoms with Gasteiger partial charge in [0.2, 0.25) is 0 Å². The van der Waals surface area contributed by atoms with Crippen LogP contribution in [0.3, 0.4) is 0 Å². The summed E-state index contributed by atoms with van der Waals surface area (Å²) in [5, 5.41) is 9.13. The van der Waals surface area contributed by atoms with Crippen LogP contribution in [-0.2, 0) is 11.2 Å². The van der Waals surface area contributed by atoms with Crippen molar-refractivity contribution in [2.45, 2.75) is 6.42 Å². The molecule has 0 amide bonds. The quantitative estimate of drug-likeness (QED) is 0.776. The Morgan fingerprint density at radius 2 is 1.53 bits per heavy atom. The van der Waals surface area contributed by atoms with Crippen LogP contribution in [-0.4, -0.2) is 24.9 Å². The molecule has 0 atom stereocenters. The van der Waals surface area contributed by atoms with Gasteiger partial charge in [0.05, 0.1) is 13.2 Å². The van der Waals surface area contributed by atoms with Gasteiger partial charge in [-0.2, -0.15) is 0 Å². The summed E-state index contributed by atoms with van der Waals surface area (Å²) >= 11 is 0. The number of phenolic OH excluding ortho intramolecular Hbond substituents is 1. The molecule has 19 heavy (non-hydrogen) atoms. The first-order chi connectivity index (χ1) is 9.34. The van der Waals surface area contributed by atoms with Crippen LogP contribution in [0.5, 0.6) is 11.5 Å². The summed E-state index contributed by atoms with van der Waals surface area (Å²) in [5.74, 6) is 0.982. The lowest BCUT2D eigenvalue weighted by Crippen LogP contribution is -2.08. The minimum atomic E-state index is 0.242. The van der Waals surface area contributed by atoms with E-state index in [2.05, 4.69) is 12.1 Å². The lowest BCUT2D eigenvalue weighted by Gasteiger charge is -2.07. The Morgan fingerprint density at radius 1 is 0.789 bits per heavy atom. The summed E-state index contributed by atoms with van der Waals surface area (Å²) in [4.78, 5) is 0. The van der Waals surface area contributed by atoms with Crippen molar-refractivity contribution < 1.29 is 14.6 Å². The van der Waals surface area contributed by atoms with Gasteiger partial charge < -0.3 is 14.6 Å². The van der Waals surface area contributed by atoms with Crippen LogP contribution >= 0.6 is 0 Å². The van der Waals surface area contributed by atoms with Crippen molar-refractivity contribution in [3.8, 4) is 11.5 Å². The zero-order valence-electron chi connectivity index (χ0n) is 10.8. The third-order valence-corrected chi connectivity index (χ3v) is 2.71. The highest BCUT2D eigenvalue weighted by molar-refractivity contribution is 5.29. The highest BCUT2D eigenvalue weighted by atomic mass is 16.5. The number of hydrogen-bond acceptors (Lipinski definition) is 3. The Morgan fingerprint density at radius 3 is 2.26 bits per heavy atom. The van der Waals surface area contributed by atoms with E-state index in [1.807, 2.05) is 18.2 Å². The fraction of sp³-hybridized carbons (Fsp3) is 0.250. The maximum absolute atomic E-state index is 9.13. The molecular weight excluding hydrogens is 240 g/mol. The number of phenols is 1. The molecule has 2 rings (SSSR count). The molecule has 1 N–H and O–H groups in total. The van der Waals surface area contributed by atoms with E-state index in [1.165, 1.54) is 5.56 Å². The van der Waals surface area contributed by atoms with Crippen LogP contribution in [0.4, 0.5) is 0 Å². The Bertz CT molecular complexity index is 465. The van der Waals surface area contributed by atoms with E-state index in [0.717, 1.165) is 12.2 Å². The van der Waals surface area contributed by atoms with Crippen molar-refractivity contribution in [1.82, 2.24) is 0 Å². The molecule has 3 heteroatoms. The molecule has 0 aliphatic rings. The maximum atomic E-state index is 9.13. The van der Waals surface area contributed by atoms with Gasteiger partial charge in [0.25, 0.3) is 0 Å². The molecule has 0 saturated carbocycles. The standard InChI is InChI=1S/C16H18O3/c17-15-6-8-16(9-7-15)19-13-12-18-11-10-14-4-2-1-3-5-14/h1-9,17H,10-13H2. The zero-order valence-corrected chi connectivity index (χ0v) is 10.8. The van der Waals surface area contributed by atoms with Gasteiger partial charge in [0.15, 0.2) is 0 Å². The summed E-state index contributed by atoms with van der Waals surface area (Å²) in [6, 6.07) is 16.9. The highest BCUT2D eigenvalue weighted by Crippen LogP contribution is 2.15. The van der Waals surface area contributed by atoms with Gasteiger partial charge in [-0.3, -0.25) is 0 Å². The molecule has 0 saturated heterocycles. The number of rotatable bonds is 7. The first-order valence-electron chi connectivity index (χ1n) is 6.38. The molecule has 2 aromatic carbocycles. The van der Waals surface area contributed by atoms with E-state index < -0.39 is 0 Å². The molecule has 0 radical (unpaired) electrons. The van der Waals surface area contributed by atoms with Gasteiger partial charge in [-0.05, 0) is 36.2 Å². The average Bonchev–Trinajstić information content (AvgIpc) is 2.46. The van der Waals surface area contributed by atoms with Gasteiger partial charge in [-0.1, -0.05) is 30.3 Å². The molecule has 0 bridgehead atoms.